The zero-order chi connectivity index (χ0) is 11.4. The second kappa shape index (κ2) is 5.37. The molecule has 0 atom stereocenters. The molecule has 1 aliphatic heterocycles. The Morgan fingerprint density at radius 3 is 2.69 bits per heavy atom. The van der Waals surface area contributed by atoms with Crippen molar-refractivity contribution in [1.82, 2.24) is 10.6 Å². The van der Waals surface area contributed by atoms with Crippen molar-refractivity contribution in [2.45, 2.75) is 25.4 Å². The molecule has 0 unspecified atom stereocenters. The van der Waals surface area contributed by atoms with E-state index in [9.17, 15) is 8.78 Å². The Kier molecular flexibility index (Phi) is 3.85. The first-order valence-corrected chi connectivity index (χ1v) is 5.64. The van der Waals surface area contributed by atoms with E-state index in [2.05, 4.69) is 10.6 Å². The molecule has 4 heteroatoms. The molecule has 1 aromatic rings. The lowest BCUT2D eigenvalue weighted by atomic mass is 10.1. The highest BCUT2D eigenvalue weighted by Gasteiger charge is 2.12. The third kappa shape index (κ3) is 3.00. The van der Waals surface area contributed by atoms with Gasteiger partial charge in [0, 0.05) is 24.2 Å². The van der Waals surface area contributed by atoms with Crippen molar-refractivity contribution in [3.8, 4) is 0 Å². The van der Waals surface area contributed by atoms with Crippen LogP contribution in [0.15, 0.2) is 18.2 Å². The second-order valence-corrected chi connectivity index (χ2v) is 4.14. The van der Waals surface area contributed by atoms with Gasteiger partial charge in [-0.2, -0.15) is 0 Å². The van der Waals surface area contributed by atoms with Gasteiger partial charge >= 0.3 is 0 Å². The van der Waals surface area contributed by atoms with E-state index in [0.29, 0.717) is 18.2 Å². The standard InChI is InChI=1S/C12H16F2N2/c13-10-2-1-9(12(14)7-10)8-16-11-3-5-15-6-4-11/h1-2,7,11,15-16H,3-6,8H2. The Bertz CT molecular complexity index is 349. The van der Waals surface area contributed by atoms with E-state index in [1.165, 1.54) is 12.1 Å². The molecule has 1 saturated heterocycles. The number of halogens is 2. The molecule has 0 aliphatic carbocycles. The molecular weight excluding hydrogens is 210 g/mol. The molecule has 0 saturated carbocycles. The lowest BCUT2D eigenvalue weighted by Gasteiger charge is -2.23. The summed E-state index contributed by atoms with van der Waals surface area (Å²) in [6, 6.07) is 4.16. The molecule has 0 aromatic heterocycles. The summed E-state index contributed by atoms with van der Waals surface area (Å²) in [7, 11) is 0. The highest BCUT2D eigenvalue weighted by atomic mass is 19.1. The summed E-state index contributed by atoms with van der Waals surface area (Å²) in [6.45, 7) is 2.48. The number of hydrogen-bond donors (Lipinski definition) is 2. The van der Waals surface area contributed by atoms with E-state index >= 15 is 0 Å². The van der Waals surface area contributed by atoms with Crippen LogP contribution in [0.25, 0.3) is 0 Å². The minimum Gasteiger partial charge on any atom is -0.317 e. The Morgan fingerprint density at radius 2 is 2.00 bits per heavy atom. The maximum absolute atomic E-state index is 13.3. The van der Waals surface area contributed by atoms with Gasteiger partial charge in [0.1, 0.15) is 11.6 Å². The van der Waals surface area contributed by atoms with Crippen LogP contribution in [0.4, 0.5) is 8.78 Å². The summed E-state index contributed by atoms with van der Waals surface area (Å²) in [5.41, 5.74) is 0.528. The Labute approximate surface area is 94.0 Å². The van der Waals surface area contributed by atoms with Crippen molar-refractivity contribution in [1.29, 1.82) is 0 Å². The molecule has 88 valence electrons. The smallest absolute Gasteiger partial charge is 0.130 e. The molecule has 0 bridgehead atoms. The number of hydrogen-bond acceptors (Lipinski definition) is 2. The van der Waals surface area contributed by atoms with Gasteiger partial charge in [-0.25, -0.2) is 8.78 Å². The zero-order valence-electron chi connectivity index (χ0n) is 9.10. The molecule has 0 radical (unpaired) electrons. The van der Waals surface area contributed by atoms with E-state index in [1.54, 1.807) is 0 Å². The predicted octanol–water partition coefficient (Wildman–Crippen LogP) is 1.81. The first kappa shape index (κ1) is 11.5. The van der Waals surface area contributed by atoms with Gasteiger partial charge in [0.05, 0.1) is 0 Å². The van der Waals surface area contributed by atoms with Gasteiger partial charge in [-0.3, -0.25) is 0 Å². The minimum atomic E-state index is -0.525. The van der Waals surface area contributed by atoms with Crippen LogP contribution in [0.5, 0.6) is 0 Å². The molecule has 1 fully saturated rings. The van der Waals surface area contributed by atoms with E-state index in [1.807, 2.05) is 0 Å². The summed E-state index contributed by atoms with van der Waals surface area (Å²) in [5.74, 6) is -0.996. The average molecular weight is 226 g/mol. The SMILES string of the molecule is Fc1ccc(CNC2CCNCC2)c(F)c1. The first-order valence-electron chi connectivity index (χ1n) is 5.64. The molecule has 1 aliphatic rings. The average Bonchev–Trinajstić information content (AvgIpc) is 2.29. The molecular formula is C12H16F2N2. The fourth-order valence-electron chi connectivity index (χ4n) is 1.95. The van der Waals surface area contributed by atoms with Crippen molar-refractivity contribution in [3.63, 3.8) is 0 Å². The van der Waals surface area contributed by atoms with Crippen LogP contribution in [-0.4, -0.2) is 19.1 Å². The van der Waals surface area contributed by atoms with Crippen LogP contribution in [0, 0.1) is 11.6 Å². The second-order valence-electron chi connectivity index (χ2n) is 4.14. The lowest BCUT2D eigenvalue weighted by molar-refractivity contribution is 0.383. The highest BCUT2D eigenvalue weighted by Crippen LogP contribution is 2.10. The Balaban J connectivity index is 1.88. The topological polar surface area (TPSA) is 24.1 Å². The van der Waals surface area contributed by atoms with E-state index in [0.717, 1.165) is 32.0 Å². The van der Waals surface area contributed by atoms with Gasteiger partial charge in [-0.05, 0) is 32.0 Å². The number of benzene rings is 1. The van der Waals surface area contributed by atoms with Crippen LogP contribution >= 0.6 is 0 Å². The molecule has 2 rings (SSSR count). The van der Waals surface area contributed by atoms with Crippen LogP contribution in [0.2, 0.25) is 0 Å². The maximum Gasteiger partial charge on any atom is 0.130 e. The van der Waals surface area contributed by atoms with Crippen molar-refractivity contribution in [2.24, 2.45) is 0 Å². The minimum absolute atomic E-state index is 0.436. The highest BCUT2D eigenvalue weighted by molar-refractivity contribution is 5.18. The molecule has 2 N–H and O–H groups in total. The third-order valence-electron chi connectivity index (χ3n) is 2.94. The van der Waals surface area contributed by atoms with E-state index in [4.69, 9.17) is 0 Å². The van der Waals surface area contributed by atoms with Gasteiger partial charge in [-0.1, -0.05) is 6.07 Å². The fraction of sp³-hybridized carbons (Fsp3) is 0.500. The molecule has 16 heavy (non-hydrogen) atoms. The molecule has 1 aromatic carbocycles. The van der Waals surface area contributed by atoms with E-state index in [-0.39, 0.29) is 0 Å². The lowest BCUT2D eigenvalue weighted by Crippen LogP contribution is -2.39. The number of rotatable bonds is 3. The van der Waals surface area contributed by atoms with Crippen LogP contribution in [0.1, 0.15) is 18.4 Å². The van der Waals surface area contributed by atoms with Gasteiger partial charge in [0.25, 0.3) is 0 Å². The number of piperidine rings is 1. The first-order chi connectivity index (χ1) is 7.75. The van der Waals surface area contributed by atoms with E-state index < -0.39 is 11.6 Å². The fourth-order valence-corrected chi connectivity index (χ4v) is 1.95. The summed E-state index contributed by atoms with van der Waals surface area (Å²) >= 11 is 0. The van der Waals surface area contributed by atoms with Gasteiger partial charge < -0.3 is 10.6 Å². The third-order valence-corrected chi connectivity index (χ3v) is 2.94. The van der Waals surface area contributed by atoms with Crippen molar-refractivity contribution >= 4 is 0 Å². The van der Waals surface area contributed by atoms with Gasteiger partial charge in [0.15, 0.2) is 0 Å². The van der Waals surface area contributed by atoms with Crippen LogP contribution in [-0.2, 0) is 6.54 Å². The summed E-state index contributed by atoms with van der Waals surface area (Å²) in [6.07, 6.45) is 2.12. The maximum atomic E-state index is 13.3. The summed E-state index contributed by atoms with van der Waals surface area (Å²) in [5, 5.41) is 6.56. The van der Waals surface area contributed by atoms with Gasteiger partial charge in [0.2, 0.25) is 0 Å². The van der Waals surface area contributed by atoms with Crippen LogP contribution in [0.3, 0.4) is 0 Å². The molecule has 1 heterocycles. The Hall–Kier alpha value is -1.00. The van der Waals surface area contributed by atoms with Crippen molar-refractivity contribution in [2.75, 3.05) is 13.1 Å². The van der Waals surface area contributed by atoms with Gasteiger partial charge in [-0.15, -0.1) is 0 Å². The molecule has 0 spiro atoms. The van der Waals surface area contributed by atoms with Crippen LogP contribution < -0.4 is 10.6 Å². The zero-order valence-corrected chi connectivity index (χ0v) is 9.10. The van der Waals surface area contributed by atoms with Crippen molar-refractivity contribution in [3.05, 3.63) is 35.4 Å². The molecule has 2 nitrogen and oxygen atoms in total. The largest absolute Gasteiger partial charge is 0.317 e. The normalized spacial score (nSPS) is 17.6. The summed E-state index contributed by atoms with van der Waals surface area (Å²) < 4.78 is 26.0. The summed E-state index contributed by atoms with van der Waals surface area (Å²) in [4.78, 5) is 0. The van der Waals surface area contributed by atoms with Crippen molar-refractivity contribution < 1.29 is 8.78 Å². The Morgan fingerprint density at radius 1 is 1.25 bits per heavy atom. The molecule has 0 amide bonds. The quantitative estimate of drug-likeness (QED) is 0.821. The number of nitrogens with one attached hydrogen (secondary N) is 2. The monoisotopic (exact) mass is 226 g/mol. The predicted molar refractivity (Wildman–Crippen MR) is 59.1 cm³/mol.